The normalized spacial score (nSPS) is 14.1. The van der Waals surface area contributed by atoms with Crippen molar-refractivity contribution in [2.24, 2.45) is 0 Å². The number of nitrogens with zero attached hydrogens (tertiary/aromatic N) is 1. The highest BCUT2D eigenvalue weighted by Crippen LogP contribution is 2.34. The van der Waals surface area contributed by atoms with E-state index in [1.165, 1.54) is 6.92 Å². The van der Waals surface area contributed by atoms with Crippen LogP contribution >= 0.6 is 0 Å². The molecule has 0 saturated carbocycles. The number of carbonyl (C=O) groups excluding carboxylic acids is 1. The lowest BCUT2D eigenvalue weighted by Crippen LogP contribution is -2.14. The molecular formula is C10H12F3NO5S. The average molecular weight is 315 g/mol. The van der Waals surface area contributed by atoms with Gasteiger partial charge >= 0.3 is 12.1 Å². The summed E-state index contributed by atoms with van der Waals surface area (Å²) in [5.74, 6) is -3.20. The summed E-state index contributed by atoms with van der Waals surface area (Å²) in [6.45, 7) is 2.35. The zero-order valence-electron chi connectivity index (χ0n) is 10.8. The van der Waals surface area contributed by atoms with Crippen LogP contribution in [0.5, 0.6) is 0 Å². The van der Waals surface area contributed by atoms with Gasteiger partial charge in [0, 0.05) is 6.26 Å². The maximum Gasteiger partial charge on any atom is 0.437 e. The van der Waals surface area contributed by atoms with Crippen LogP contribution in [0, 0.1) is 0 Å². The number of alkyl halides is 3. The van der Waals surface area contributed by atoms with E-state index in [0.29, 0.717) is 0 Å². The number of esters is 1. The molecule has 1 aromatic heterocycles. The minimum absolute atomic E-state index is 0.159. The van der Waals surface area contributed by atoms with E-state index in [9.17, 15) is 26.4 Å². The molecule has 1 heterocycles. The molecule has 0 fully saturated rings. The molecule has 1 aromatic rings. The number of carbonyl (C=O) groups is 1. The third kappa shape index (κ3) is 3.50. The highest BCUT2D eigenvalue weighted by atomic mass is 32.2. The van der Waals surface area contributed by atoms with Gasteiger partial charge in [-0.1, -0.05) is 0 Å². The quantitative estimate of drug-likeness (QED) is 0.790. The number of rotatable bonds is 4. The van der Waals surface area contributed by atoms with Crippen molar-refractivity contribution in [3.8, 4) is 0 Å². The first-order valence-corrected chi connectivity index (χ1v) is 7.37. The van der Waals surface area contributed by atoms with Crippen molar-refractivity contribution in [2.45, 2.75) is 25.3 Å². The molecule has 20 heavy (non-hydrogen) atoms. The van der Waals surface area contributed by atoms with Gasteiger partial charge in [0.05, 0.1) is 6.61 Å². The van der Waals surface area contributed by atoms with Crippen LogP contribution in [0.25, 0.3) is 0 Å². The summed E-state index contributed by atoms with van der Waals surface area (Å²) in [6.07, 6.45) is -4.14. The third-order valence-electron chi connectivity index (χ3n) is 2.36. The Labute approximate surface area is 112 Å². The molecule has 1 rings (SSSR count). The summed E-state index contributed by atoms with van der Waals surface area (Å²) in [4.78, 5) is 14.5. The molecule has 114 valence electrons. The van der Waals surface area contributed by atoms with E-state index in [1.807, 2.05) is 0 Å². The number of halogens is 3. The molecule has 1 atom stereocenters. The van der Waals surface area contributed by atoms with Crippen molar-refractivity contribution in [2.75, 3.05) is 12.9 Å². The van der Waals surface area contributed by atoms with Gasteiger partial charge in [0.25, 0.3) is 0 Å². The summed E-state index contributed by atoms with van der Waals surface area (Å²) in [5.41, 5.74) is -1.60. The van der Waals surface area contributed by atoms with Crippen LogP contribution in [-0.4, -0.2) is 32.2 Å². The summed E-state index contributed by atoms with van der Waals surface area (Å²) in [7, 11) is -3.72. The lowest BCUT2D eigenvalue weighted by atomic mass is 10.3. The van der Waals surface area contributed by atoms with Crippen LogP contribution in [0.1, 0.15) is 41.2 Å². The molecule has 6 nitrogen and oxygen atoms in total. The van der Waals surface area contributed by atoms with Crippen LogP contribution in [0.2, 0.25) is 0 Å². The third-order valence-corrected chi connectivity index (χ3v) is 3.85. The topological polar surface area (TPSA) is 86.5 Å². The Balaban J connectivity index is 3.37. The molecule has 0 amide bonds. The van der Waals surface area contributed by atoms with Crippen molar-refractivity contribution in [3.05, 3.63) is 17.3 Å². The molecule has 0 saturated heterocycles. The van der Waals surface area contributed by atoms with Gasteiger partial charge in [-0.05, 0) is 13.8 Å². The molecule has 0 N–H and O–H groups in total. The fourth-order valence-electron chi connectivity index (χ4n) is 1.22. The van der Waals surface area contributed by atoms with E-state index in [2.05, 4.69) is 14.1 Å². The fraction of sp³-hybridized carbons (Fsp3) is 0.600. The maximum absolute atomic E-state index is 12.7. The van der Waals surface area contributed by atoms with Crippen molar-refractivity contribution >= 4 is 15.8 Å². The van der Waals surface area contributed by atoms with Gasteiger partial charge in [0.15, 0.2) is 15.5 Å². The monoisotopic (exact) mass is 315 g/mol. The van der Waals surface area contributed by atoms with E-state index >= 15 is 0 Å². The minimum atomic E-state index is -4.96. The molecule has 0 spiro atoms. The predicted octanol–water partition coefficient (Wildman–Crippen LogP) is 1.98. The van der Waals surface area contributed by atoms with Gasteiger partial charge in [-0.3, -0.25) is 0 Å². The van der Waals surface area contributed by atoms with Crippen molar-refractivity contribution in [1.29, 1.82) is 0 Å². The number of ether oxygens (including phenoxy) is 1. The van der Waals surface area contributed by atoms with Crippen LogP contribution in [-0.2, 0) is 20.8 Å². The summed E-state index contributed by atoms with van der Waals surface area (Å²) < 4.78 is 69.9. The van der Waals surface area contributed by atoms with E-state index in [0.717, 1.165) is 13.2 Å². The first-order valence-electron chi connectivity index (χ1n) is 5.42. The lowest BCUT2D eigenvalue weighted by molar-refractivity contribution is -0.141. The number of oxazole rings is 1. The number of hydrogen-bond acceptors (Lipinski definition) is 6. The first-order chi connectivity index (χ1) is 8.98. The van der Waals surface area contributed by atoms with Crippen LogP contribution < -0.4 is 0 Å². The van der Waals surface area contributed by atoms with Gasteiger partial charge in [-0.2, -0.15) is 13.2 Å². The highest BCUT2D eigenvalue weighted by molar-refractivity contribution is 7.90. The van der Waals surface area contributed by atoms with Crippen molar-refractivity contribution in [1.82, 2.24) is 4.98 Å². The summed E-state index contributed by atoms with van der Waals surface area (Å²) in [5, 5.41) is -1.41. The van der Waals surface area contributed by atoms with E-state index in [4.69, 9.17) is 0 Å². The molecule has 0 aliphatic rings. The van der Waals surface area contributed by atoms with Crippen LogP contribution in [0.4, 0.5) is 13.2 Å². The Bertz CT molecular complexity index is 605. The smallest absolute Gasteiger partial charge is 0.437 e. The number of sulfone groups is 1. The largest absolute Gasteiger partial charge is 0.460 e. The zero-order chi connectivity index (χ0) is 15.7. The Morgan fingerprint density at radius 2 is 2.00 bits per heavy atom. The second kappa shape index (κ2) is 5.43. The maximum atomic E-state index is 12.7. The van der Waals surface area contributed by atoms with Gasteiger partial charge in [-0.25, -0.2) is 18.2 Å². The standard InChI is InChI=1S/C10H12F3NO5S/c1-4-18-9(15)6-7(10(11,12)13)14-8(19-6)5(2)20(3,16)17/h5H,4H2,1-3H3. The first kappa shape index (κ1) is 16.5. The molecule has 0 radical (unpaired) electrons. The van der Waals surface area contributed by atoms with E-state index in [-0.39, 0.29) is 6.61 Å². The zero-order valence-corrected chi connectivity index (χ0v) is 11.6. The molecular weight excluding hydrogens is 303 g/mol. The second-order valence-electron chi connectivity index (χ2n) is 3.92. The summed E-state index contributed by atoms with van der Waals surface area (Å²) in [6, 6.07) is 0. The Morgan fingerprint density at radius 3 is 2.40 bits per heavy atom. The SMILES string of the molecule is CCOC(=O)c1oc(C(C)S(C)(=O)=O)nc1C(F)(F)F. The molecule has 0 aliphatic carbocycles. The molecule has 0 aliphatic heterocycles. The highest BCUT2D eigenvalue weighted by Gasteiger charge is 2.43. The number of aromatic nitrogens is 1. The fourth-order valence-corrected chi connectivity index (χ4v) is 1.69. The van der Waals surface area contributed by atoms with Crippen molar-refractivity contribution < 1.29 is 35.5 Å². The average Bonchev–Trinajstić information content (AvgIpc) is 2.71. The van der Waals surface area contributed by atoms with Gasteiger partial charge < -0.3 is 9.15 Å². The molecule has 1 unspecified atom stereocenters. The van der Waals surface area contributed by atoms with Gasteiger partial charge in [0.2, 0.25) is 11.7 Å². The van der Waals surface area contributed by atoms with Gasteiger partial charge in [-0.15, -0.1) is 0 Å². The van der Waals surface area contributed by atoms with E-state index in [1.54, 1.807) is 0 Å². The Hall–Kier alpha value is -1.58. The number of hydrogen-bond donors (Lipinski definition) is 0. The molecule has 10 heteroatoms. The molecule has 0 bridgehead atoms. The van der Waals surface area contributed by atoms with Crippen LogP contribution in [0.15, 0.2) is 4.42 Å². The van der Waals surface area contributed by atoms with Gasteiger partial charge in [0.1, 0.15) is 5.25 Å². The van der Waals surface area contributed by atoms with E-state index < -0.39 is 44.6 Å². The van der Waals surface area contributed by atoms with Crippen molar-refractivity contribution in [3.63, 3.8) is 0 Å². The predicted molar refractivity (Wildman–Crippen MR) is 60.7 cm³/mol. The summed E-state index contributed by atoms with van der Waals surface area (Å²) >= 11 is 0. The second-order valence-corrected chi connectivity index (χ2v) is 6.29. The Kier molecular flexibility index (Phi) is 4.47. The lowest BCUT2D eigenvalue weighted by Gasteiger charge is -2.03. The van der Waals surface area contributed by atoms with Crippen LogP contribution in [0.3, 0.4) is 0 Å². The Morgan fingerprint density at radius 1 is 1.45 bits per heavy atom. The molecule has 0 aromatic carbocycles. The minimum Gasteiger partial charge on any atom is -0.460 e.